The molecule has 1 aromatic carbocycles. The summed E-state index contributed by atoms with van der Waals surface area (Å²) in [5.74, 6) is -0.266. The van der Waals surface area contributed by atoms with Crippen molar-refractivity contribution in [2.75, 3.05) is 6.61 Å². The fourth-order valence-corrected chi connectivity index (χ4v) is 1.62. The van der Waals surface area contributed by atoms with Crippen LogP contribution in [0.15, 0.2) is 34.8 Å². The van der Waals surface area contributed by atoms with Crippen LogP contribution in [0, 0.1) is 6.92 Å². The molecule has 0 heterocycles. The third kappa shape index (κ3) is 4.16. The maximum Gasteiger partial charge on any atom is 0.328 e. The summed E-state index contributed by atoms with van der Waals surface area (Å²) in [5.41, 5.74) is 1.13. The number of halogens is 1. The van der Waals surface area contributed by atoms with Crippen LogP contribution in [0.5, 0.6) is 5.75 Å². The van der Waals surface area contributed by atoms with Gasteiger partial charge in [-0.15, -0.1) is 0 Å². The van der Waals surface area contributed by atoms with Gasteiger partial charge < -0.3 is 9.84 Å². The molecule has 1 N–H and O–H groups in total. The molecule has 0 aliphatic carbocycles. The van der Waals surface area contributed by atoms with Crippen molar-refractivity contribution in [3.05, 3.63) is 40.4 Å². The Morgan fingerprint density at radius 3 is 2.93 bits per heavy atom. The van der Waals surface area contributed by atoms with Gasteiger partial charge in [0.2, 0.25) is 0 Å². The first-order valence-corrected chi connectivity index (χ1v) is 5.17. The number of hydrogen-bond donors (Lipinski definition) is 1. The predicted octanol–water partition coefficient (Wildman–Crippen LogP) is 2.78. The Labute approximate surface area is 96.5 Å². The van der Waals surface area contributed by atoms with E-state index in [0.717, 1.165) is 16.1 Å². The summed E-state index contributed by atoms with van der Waals surface area (Å²) in [4.78, 5) is 10.2. The van der Waals surface area contributed by atoms with Crippen LogP contribution in [0.25, 0.3) is 0 Å². The number of rotatable bonds is 4. The normalized spacial score (nSPS) is 10.5. The predicted molar refractivity (Wildman–Crippen MR) is 61.1 cm³/mol. The minimum Gasteiger partial charge on any atom is -0.488 e. The largest absolute Gasteiger partial charge is 0.488 e. The Balaban J connectivity index is 2.54. The number of carboxylic acid groups (broad SMARTS) is 1. The molecule has 1 aromatic rings. The zero-order chi connectivity index (χ0) is 11.3. The Morgan fingerprint density at radius 2 is 2.33 bits per heavy atom. The van der Waals surface area contributed by atoms with Crippen LogP contribution in [0.2, 0.25) is 0 Å². The first kappa shape index (κ1) is 11.8. The van der Waals surface area contributed by atoms with E-state index in [1.807, 2.05) is 25.1 Å². The van der Waals surface area contributed by atoms with E-state index < -0.39 is 5.97 Å². The van der Waals surface area contributed by atoms with Crippen molar-refractivity contribution in [1.82, 2.24) is 0 Å². The third-order valence-electron chi connectivity index (χ3n) is 1.68. The van der Waals surface area contributed by atoms with Crippen molar-refractivity contribution in [1.29, 1.82) is 0 Å². The molecule has 1 rings (SSSR count). The molecular weight excluding hydrogens is 260 g/mol. The van der Waals surface area contributed by atoms with Crippen LogP contribution in [0.3, 0.4) is 0 Å². The van der Waals surface area contributed by atoms with E-state index in [9.17, 15) is 4.79 Å². The molecule has 0 amide bonds. The van der Waals surface area contributed by atoms with Crippen molar-refractivity contribution < 1.29 is 14.6 Å². The van der Waals surface area contributed by atoms with Gasteiger partial charge in [0.05, 0.1) is 4.47 Å². The van der Waals surface area contributed by atoms with E-state index in [2.05, 4.69) is 15.9 Å². The number of benzene rings is 1. The van der Waals surface area contributed by atoms with E-state index in [1.54, 1.807) is 0 Å². The lowest BCUT2D eigenvalue weighted by Crippen LogP contribution is -1.96. The number of carbonyl (C=O) groups is 1. The molecule has 15 heavy (non-hydrogen) atoms. The van der Waals surface area contributed by atoms with Crippen molar-refractivity contribution >= 4 is 21.9 Å². The molecule has 80 valence electrons. The van der Waals surface area contributed by atoms with E-state index in [-0.39, 0.29) is 6.61 Å². The lowest BCUT2D eigenvalue weighted by Gasteiger charge is -2.05. The highest BCUT2D eigenvalue weighted by atomic mass is 79.9. The fourth-order valence-electron chi connectivity index (χ4n) is 1.01. The lowest BCUT2D eigenvalue weighted by atomic mass is 10.2. The summed E-state index contributed by atoms with van der Waals surface area (Å²) in [6.07, 6.45) is 2.51. The Kier molecular flexibility index (Phi) is 4.37. The summed E-state index contributed by atoms with van der Waals surface area (Å²) < 4.78 is 6.21. The van der Waals surface area contributed by atoms with Crippen molar-refractivity contribution in [2.45, 2.75) is 6.92 Å². The minimum atomic E-state index is -0.971. The van der Waals surface area contributed by atoms with Gasteiger partial charge in [-0.2, -0.15) is 0 Å². The first-order valence-electron chi connectivity index (χ1n) is 4.38. The highest BCUT2D eigenvalue weighted by Gasteiger charge is 1.99. The number of ether oxygens (including phenoxy) is 1. The maximum absolute atomic E-state index is 10.2. The molecule has 3 nitrogen and oxygen atoms in total. The van der Waals surface area contributed by atoms with Gasteiger partial charge in [0.15, 0.2) is 0 Å². The van der Waals surface area contributed by atoms with Crippen molar-refractivity contribution in [3.8, 4) is 5.75 Å². The Hall–Kier alpha value is -1.29. The smallest absolute Gasteiger partial charge is 0.328 e. The SMILES string of the molecule is Cc1ccc(OCC=CC(=O)O)c(Br)c1. The molecule has 0 atom stereocenters. The number of carboxylic acids is 1. The minimum absolute atomic E-state index is 0.244. The van der Waals surface area contributed by atoms with Crippen molar-refractivity contribution in [2.24, 2.45) is 0 Å². The molecule has 0 radical (unpaired) electrons. The van der Waals surface area contributed by atoms with Crippen LogP contribution in [-0.2, 0) is 4.79 Å². The zero-order valence-electron chi connectivity index (χ0n) is 8.24. The molecule has 0 spiro atoms. The zero-order valence-corrected chi connectivity index (χ0v) is 9.82. The Morgan fingerprint density at radius 1 is 1.60 bits per heavy atom. The lowest BCUT2D eigenvalue weighted by molar-refractivity contribution is -0.131. The summed E-state index contributed by atoms with van der Waals surface area (Å²) in [6, 6.07) is 5.71. The van der Waals surface area contributed by atoms with E-state index >= 15 is 0 Å². The van der Waals surface area contributed by atoms with Crippen LogP contribution < -0.4 is 4.74 Å². The summed E-state index contributed by atoms with van der Waals surface area (Å²) in [6.45, 7) is 2.23. The highest BCUT2D eigenvalue weighted by Crippen LogP contribution is 2.25. The van der Waals surface area contributed by atoms with Crippen LogP contribution in [-0.4, -0.2) is 17.7 Å². The number of aliphatic carboxylic acids is 1. The molecule has 0 aliphatic rings. The number of hydrogen-bond acceptors (Lipinski definition) is 2. The van der Waals surface area contributed by atoms with Gasteiger partial charge in [0.1, 0.15) is 12.4 Å². The average molecular weight is 271 g/mol. The van der Waals surface area contributed by atoms with Crippen LogP contribution in [0.1, 0.15) is 5.56 Å². The number of aryl methyl sites for hydroxylation is 1. The molecular formula is C11H11BrO3. The molecule has 0 unspecified atom stereocenters. The highest BCUT2D eigenvalue weighted by molar-refractivity contribution is 9.10. The topological polar surface area (TPSA) is 46.5 Å². The van der Waals surface area contributed by atoms with E-state index in [0.29, 0.717) is 5.75 Å². The second kappa shape index (κ2) is 5.56. The van der Waals surface area contributed by atoms with Gasteiger partial charge >= 0.3 is 5.97 Å². The second-order valence-electron chi connectivity index (χ2n) is 2.99. The van der Waals surface area contributed by atoms with Gasteiger partial charge in [-0.25, -0.2) is 4.79 Å². The van der Waals surface area contributed by atoms with Gasteiger partial charge in [-0.1, -0.05) is 6.07 Å². The van der Waals surface area contributed by atoms with Crippen molar-refractivity contribution in [3.63, 3.8) is 0 Å². The standard InChI is InChI=1S/C11H11BrO3/c1-8-4-5-10(9(12)7-8)15-6-2-3-11(13)14/h2-5,7H,6H2,1H3,(H,13,14). The summed E-state index contributed by atoms with van der Waals surface area (Å²) in [7, 11) is 0. The molecule has 0 saturated carbocycles. The van der Waals surface area contributed by atoms with E-state index in [1.165, 1.54) is 6.08 Å². The fraction of sp³-hybridized carbons (Fsp3) is 0.182. The third-order valence-corrected chi connectivity index (χ3v) is 2.30. The molecule has 0 fully saturated rings. The van der Waals surface area contributed by atoms with Crippen LogP contribution in [0.4, 0.5) is 0 Å². The van der Waals surface area contributed by atoms with Gasteiger partial charge in [0.25, 0.3) is 0 Å². The summed E-state index contributed by atoms with van der Waals surface area (Å²) >= 11 is 3.36. The van der Waals surface area contributed by atoms with Gasteiger partial charge in [0, 0.05) is 6.08 Å². The van der Waals surface area contributed by atoms with Gasteiger partial charge in [-0.05, 0) is 46.6 Å². The first-order chi connectivity index (χ1) is 7.09. The molecule has 0 aliphatic heterocycles. The van der Waals surface area contributed by atoms with Gasteiger partial charge in [-0.3, -0.25) is 0 Å². The monoisotopic (exact) mass is 270 g/mol. The van der Waals surface area contributed by atoms with Crippen LogP contribution >= 0.6 is 15.9 Å². The molecule has 0 bridgehead atoms. The Bertz CT molecular complexity index is 385. The quantitative estimate of drug-likeness (QED) is 0.856. The van der Waals surface area contributed by atoms with E-state index in [4.69, 9.17) is 9.84 Å². The second-order valence-corrected chi connectivity index (χ2v) is 3.84. The molecule has 0 saturated heterocycles. The molecule has 0 aromatic heterocycles. The summed E-state index contributed by atoms with van der Waals surface area (Å²) in [5, 5.41) is 8.35. The molecule has 4 heteroatoms. The average Bonchev–Trinajstić information content (AvgIpc) is 2.14. The maximum atomic E-state index is 10.2.